The normalized spacial score (nSPS) is 11.8. The Bertz CT molecular complexity index is 687. The molecule has 0 unspecified atom stereocenters. The number of nitrogens with zero attached hydrogens (tertiary/aromatic N) is 1. The van der Waals surface area contributed by atoms with Crippen LogP contribution in [0.25, 0.3) is 10.8 Å². The molecule has 0 aliphatic rings. The van der Waals surface area contributed by atoms with E-state index in [1.807, 2.05) is 47.9 Å². The summed E-state index contributed by atoms with van der Waals surface area (Å²) in [5.41, 5.74) is 1.65. The molecule has 2 aromatic carbocycles. The number of rotatable bonds is 4. The van der Waals surface area contributed by atoms with Crippen LogP contribution >= 0.6 is 0 Å². The van der Waals surface area contributed by atoms with Crippen molar-refractivity contribution in [2.75, 3.05) is 19.0 Å². The number of nitrogens with one attached hydrogen (secondary N) is 1. The first-order valence-corrected chi connectivity index (χ1v) is 7.75. The van der Waals surface area contributed by atoms with Crippen LogP contribution in [0.3, 0.4) is 0 Å². The molecule has 1 amide bonds. The van der Waals surface area contributed by atoms with Crippen molar-refractivity contribution < 1.29 is 4.79 Å². The lowest BCUT2D eigenvalue weighted by Crippen LogP contribution is -2.43. The van der Waals surface area contributed by atoms with Crippen LogP contribution in [0.15, 0.2) is 36.4 Å². The van der Waals surface area contributed by atoms with Crippen molar-refractivity contribution in [1.29, 1.82) is 0 Å². The Morgan fingerprint density at radius 2 is 1.64 bits per heavy atom. The molecule has 0 spiro atoms. The molecule has 0 atom stereocenters. The van der Waals surface area contributed by atoms with Crippen molar-refractivity contribution >= 4 is 22.4 Å². The van der Waals surface area contributed by atoms with Gasteiger partial charge in [-0.25, -0.2) is 0 Å². The van der Waals surface area contributed by atoms with E-state index in [2.05, 4.69) is 40.5 Å². The summed E-state index contributed by atoms with van der Waals surface area (Å²) in [7, 11) is 4.08. The Morgan fingerprint density at radius 3 is 2.23 bits per heavy atom. The molecule has 0 aromatic heterocycles. The molecule has 0 radical (unpaired) electrons. The van der Waals surface area contributed by atoms with Gasteiger partial charge in [-0.05, 0) is 44.7 Å². The number of anilines is 1. The smallest absolute Gasteiger partial charge is 0.230 e. The molecule has 118 valence electrons. The van der Waals surface area contributed by atoms with E-state index in [9.17, 15) is 4.79 Å². The SMILES string of the molecule is CC(C)NC(=O)C(C)(C)c1cccc2c(N(C)C)cccc12. The highest BCUT2D eigenvalue weighted by Gasteiger charge is 2.31. The number of fused-ring (bicyclic) bond motifs is 1. The molecule has 0 aliphatic heterocycles. The summed E-state index contributed by atoms with van der Waals surface area (Å²) >= 11 is 0. The van der Waals surface area contributed by atoms with Crippen LogP contribution < -0.4 is 10.2 Å². The molecule has 3 heteroatoms. The number of amides is 1. The van der Waals surface area contributed by atoms with Gasteiger partial charge in [0.1, 0.15) is 0 Å². The molecule has 1 N–H and O–H groups in total. The maximum absolute atomic E-state index is 12.6. The third kappa shape index (κ3) is 2.94. The molecular weight excluding hydrogens is 272 g/mol. The van der Waals surface area contributed by atoms with Gasteiger partial charge in [0.25, 0.3) is 0 Å². The average molecular weight is 298 g/mol. The van der Waals surface area contributed by atoms with Gasteiger partial charge in [-0.15, -0.1) is 0 Å². The first kappa shape index (κ1) is 16.3. The Labute approximate surface area is 133 Å². The van der Waals surface area contributed by atoms with Crippen LogP contribution in [0.5, 0.6) is 0 Å². The zero-order valence-corrected chi connectivity index (χ0v) is 14.4. The predicted octanol–water partition coefficient (Wildman–Crippen LogP) is 3.71. The Balaban J connectivity index is 2.61. The van der Waals surface area contributed by atoms with Gasteiger partial charge in [0.2, 0.25) is 5.91 Å². The summed E-state index contributed by atoms with van der Waals surface area (Å²) < 4.78 is 0. The van der Waals surface area contributed by atoms with Gasteiger partial charge in [-0.2, -0.15) is 0 Å². The topological polar surface area (TPSA) is 32.3 Å². The predicted molar refractivity (Wildman–Crippen MR) is 94.6 cm³/mol. The highest BCUT2D eigenvalue weighted by molar-refractivity contribution is 6.00. The molecule has 22 heavy (non-hydrogen) atoms. The maximum atomic E-state index is 12.6. The fraction of sp³-hybridized carbons (Fsp3) is 0.421. The van der Waals surface area contributed by atoms with Crippen molar-refractivity contribution in [2.45, 2.75) is 39.2 Å². The minimum atomic E-state index is -0.575. The lowest BCUT2D eigenvalue weighted by Gasteiger charge is -2.27. The van der Waals surface area contributed by atoms with Gasteiger partial charge in [0.05, 0.1) is 5.41 Å². The number of carbonyl (C=O) groups is 1. The first-order chi connectivity index (χ1) is 10.2. The van der Waals surface area contributed by atoms with Gasteiger partial charge >= 0.3 is 0 Å². The zero-order chi connectivity index (χ0) is 16.5. The second kappa shape index (κ2) is 5.99. The fourth-order valence-electron chi connectivity index (χ4n) is 2.79. The summed E-state index contributed by atoms with van der Waals surface area (Å²) in [6.07, 6.45) is 0. The Hall–Kier alpha value is -2.03. The molecule has 2 rings (SSSR count). The molecule has 0 fully saturated rings. The molecule has 0 bridgehead atoms. The quantitative estimate of drug-likeness (QED) is 0.933. The molecule has 0 heterocycles. The summed E-state index contributed by atoms with van der Waals surface area (Å²) in [6.45, 7) is 7.95. The molecular formula is C19H26N2O. The van der Waals surface area contributed by atoms with Crippen LogP contribution in [0.2, 0.25) is 0 Å². The minimum absolute atomic E-state index is 0.0604. The van der Waals surface area contributed by atoms with E-state index in [1.54, 1.807) is 0 Å². The maximum Gasteiger partial charge on any atom is 0.230 e. The van der Waals surface area contributed by atoms with Crippen molar-refractivity contribution in [3.05, 3.63) is 42.0 Å². The third-order valence-electron chi connectivity index (χ3n) is 4.04. The van der Waals surface area contributed by atoms with Crippen LogP contribution in [-0.2, 0) is 10.2 Å². The molecule has 3 nitrogen and oxygen atoms in total. The summed E-state index contributed by atoms with van der Waals surface area (Å²) in [5, 5.41) is 5.35. The average Bonchev–Trinajstić information content (AvgIpc) is 2.44. The van der Waals surface area contributed by atoms with Crippen LogP contribution in [-0.4, -0.2) is 26.0 Å². The second-order valence-electron chi connectivity index (χ2n) is 6.83. The van der Waals surface area contributed by atoms with Crippen molar-refractivity contribution in [2.24, 2.45) is 0 Å². The van der Waals surface area contributed by atoms with Gasteiger partial charge in [0, 0.05) is 31.2 Å². The summed E-state index contributed by atoms with van der Waals surface area (Å²) in [6, 6.07) is 12.6. The van der Waals surface area contributed by atoms with E-state index in [4.69, 9.17) is 0 Å². The molecule has 0 saturated heterocycles. The molecule has 0 saturated carbocycles. The first-order valence-electron chi connectivity index (χ1n) is 7.75. The molecule has 0 aliphatic carbocycles. The van der Waals surface area contributed by atoms with E-state index in [-0.39, 0.29) is 11.9 Å². The highest BCUT2D eigenvalue weighted by Crippen LogP contribution is 2.34. The third-order valence-corrected chi connectivity index (χ3v) is 4.04. The number of benzene rings is 2. The molecule has 2 aromatic rings. The van der Waals surface area contributed by atoms with Crippen LogP contribution in [0.4, 0.5) is 5.69 Å². The van der Waals surface area contributed by atoms with Gasteiger partial charge < -0.3 is 10.2 Å². The summed E-state index contributed by atoms with van der Waals surface area (Å²) in [5.74, 6) is 0.0604. The van der Waals surface area contributed by atoms with Gasteiger partial charge in [-0.1, -0.05) is 30.3 Å². The summed E-state index contributed by atoms with van der Waals surface area (Å²) in [4.78, 5) is 14.7. The van der Waals surface area contributed by atoms with E-state index >= 15 is 0 Å². The van der Waals surface area contributed by atoms with Gasteiger partial charge in [-0.3, -0.25) is 4.79 Å². The standard InChI is InChI=1S/C19H26N2O/c1-13(2)20-18(22)19(3,4)16-11-7-10-15-14(16)9-8-12-17(15)21(5)6/h7-13H,1-6H3,(H,20,22). The zero-order valence-electron chi connectivity index (χ0n) is 14.4. The Kier molecular flexibility index (Phi) is 4.45. The lowest BCUT2D eigenvalue weighted by molar-refractivity contribution is -0.126. The van der Waals surface area contributed by atoms with Crippen molar-refractivity contribution in [1.82, 2.24) is 5.32 Å². The van der Waals surface area contributed by atoms with E-state index in [0.29, 0.717) is 0 Å². The number of hydrogen-bond donors (Lipinski definition) is 1. The Morgan fingerprint density at radius 1 is 1.05 bits per heavy atom. The van der Waals surface area contributed by atoms with E-state index < -0.39 is 5.41 Å². The monoisotopic (exact) mass is 298 g/mol. The van der Waals surface area contributed by atoms with Gasteiger partial charge in [0.15, 0.2) is 0 Å². The van der Waals surface area contributed by atoms with E-state index in [0.717, 1.165) is 10.9 Å². The second-order valence-corrected chi connectivity index (χ2v) is 6.83. The van der Waals surface area contributed by atoms with Crippen molar-refractivity contribution in [3.8, 4) is 0 Å². The number of hydrogen-bond acceptors (Lipinski definition) is 2. The highest BCUT2D eigenvalue weighted by atomic mass is 16.2. The van der Waals surface area contributed by atoms with Crippen LogP contribution in [0, 0.1) is 0 Å². The minimum Gasteiger partial charge on any atom is -0.377 e. The number of carbonyl (C=O) groups excluding carboxylic acids is 1. The van der Waals surface area contributed by atoms with Crippen molar-refractivity contribution in [3.63, 3.8) is 0 Å². The van der Waals surface area contributed by atoms with E-state index in [1.165, 1.54) is 11.1 Å². The largest absolute Gasteiger partial charge is 0.377 e. The van der Waals surface area contributed by atoms with Crippen LogP contribution in [0.1, 0.15) is 33.3 Å². The fourth-order valence-corrected chi connectivity index (χ4v) is 2.79. The lowest BCUT2D eigenvalue weighted by atomic mass is 9.80.